The summed E-state index contributed by atoms with van der Waals surface area (Å²) < 4.78 is 12.3. The molecule has 2 rings (SSSR count). The van der Waals surface area contributed by atoms with Crippen LogP contribution in [0, 0.1) is 0 Å². The average Bonchev–Trinajstić information content (AvgIpc) is 2.80. The van der Waals surface area contributed by atoms with Gasteiger partial charge in [-0.15, -0.1) is 0 Å². The van der Waals surface area contributed by atoms with Crippen LogP contribution in [0.15, 0.2) is 54.6 Å². The van der Waals surface area contributed by atoms with Crippen LogP contribution < -0.4 is 4.74 Å². The minimum Gasteiger partial charge on any atom is -0.455 e. The Morgan fingerprint density at radius 1 is 0.853 bits per heavy atom. The van der Waals surface area contributed by atoms with E-state index in [1.54, 1.807) is 6.92 Å². The highest BCUT2D eigenvalue weighted by Gasteiger charge is 2.36. The number of likely N-dealkylation sites (N-methyl/N-ethyl adjacent to an activating group) is 1. The van der Waals surface area contributed by atoms with Gasteiger partial charge in [-0.3, -0.25) is 0 Å². The molecule has 0 radical (unpaired) electrons. The van der Waals surface area contributed by atoms with Gasteiger partial charge < -0.3 is 14.0 Å². The number of carbonyl (C=O) groups is 1. The zero-order chi connectivity index (χ0) is 24.8. The third kappa shape index (κ3) is 9.89. The summed E-state index contributed by atoms with van der Waals surface area (Å²) >= 11 is 0. The number of ether oxygens (including phenoxy) is 2. The summed E-state index contributed by atoms with van der Waals surface area (Å²) in [5.41, 5.74) is 2.49. The van der Waals surface area contributed by atoms with Crippen molar-refractivity contribution in [2.45, 2.75) is 97.4 Å². The second-order valence-corrected chi connectivity index (χ2v) is 10.0. The third-order valence-corrected chi connectivity index (χ3v) is 6.41. The summed E-state index contributed by atoms with van der Waals surface area (Å²) in [4.78, 5) is 13.2. The van der Waals surface area contributed by atoms with Gasteiger partial charge in [-0.25, -0.2) is 4.79 Å². The second-order valence-electron chi connectivity index (χ2n) is 10.0. The molecule has 0 spiro atoms. The normalized spacial score (nSPS) is 13.3. The molecule has 2 aromatic carbocycles. The van der Waals surface area contributed by atoms with Gasteiger partial charge >= 0.3 is 5.97 Å². The Kier molecular flexibility index (Phi) is 12.2. The lowest BCUT2D eigenvalue weighted by Crippen LogP contribution is -2.53. The van der Waals surface area contributed by atoms with Gasteiger partial charge in [0.1, 0.15) is 12.3 Å². The molecule has 188 valence electrons. The first kappa shape index (κ1) is 27.9. The van der Waals surface area contributed by atoms with E-state index < -0.39 is 6.29 Å². The Hall–Kier alpha value is -2.33. The highest BCUT2D eigenvalue weighted by atomic mass is 16.7. The summed E-state index contributed by atoms with van der Waals surface area (Å²) in [6.07, 6.45) is 9.86. The van der Waals surface area contributed by atoms with Crippen molar-refractivity contribution in [3.05, 3.63) is 65.7 Å². The highest BCUT2D eigenvalue weighted by Crippen LogP contribution is 2.22. The standard InChI is InChI=1S/C30H46NO3/c1-6-8-9-10-11-13-18-26-21-16-22-28(23-26)33-25(3)34-30(32)29(17-7-2)31(4,5)24-27-19-14-12-15-20-27/h12,14-16,19-23,25,29H,6-11,13,17-18,24H2,1-5H3/q+1. The lowest BCUT2D eigenvalue weighted by atomic mass is 10.0. The van der Waals surface area contributed by atoms with E-state index in [1.807, 2.05) is 30.3 Å². The predicted molar refractivity (Wildman–Crippen MR) is 141 cm³/mol. The predicted octanol–water partition coefficient (Wildman–Crippen LogP) is 7.30. The van der Waals surface area contributed by atoms with Crippen LogP contribution in [0.4, 0.5) is 0 Å². The number of carbonyl (C=O) groups excluding carboxylic acids is 1. The van der Waals surface area contributed by atoms with Gasteiger partial charge in [0, 0.05) is 18.9 Å². The van der Waals surface area contributed by atoms with Crippen LogP contribution in [0.1, 0.15) is 83.3 Å². The van der Waals surface area contributed by atoms with Crippen LogP contribution in [-0.2, 0) is 22.5 Å². The van der Waals surface area contributed by atoms with Crippen molar-refractivity contribution in [3.63, 3.8) is 0 Å². The maximum absolute atomic E-state index is 13.2. The molecule has 0 N–H and O–H groups in total. The first-order valence-corrected chi connectivity index (χ1v) is 13.2. The summed E-state index contributed by atoms with van der Waals surface area (Å²) in [6.45, 7) is 6.94. The van der Waals surface area contributed by atoms with Crippen molar-refractivity contribution >= 4 is 5.97 Å². The minimum atomic E-state index is -0.632. The Morgan fingerprint density at radius 2 is 1.53 bits per heavy atom. The van der Waals surface area contributed by atoms with Gasteiger partial charge in [0.2, 0.25) is 6.29 Å². The van der Waals surface area contributed by atoms with Crippen molar-refractivity contribution in [1.82, 2.24) is 0 Å². The van der Waals surface area contributed by atoms with Gasteiger partial charge in [-0.2, -0.15) is 0 Å². The van der Waals surface area contributed by atoms with E-state index in [4.69, 9.17) is 9.47 Å². The Morgan fingerprint density at radius 3 is 2.24 bits per heavy atom. The Bertz CT molecular complexity index is 834. The molecule has 34 heavy (non-hydrogen) atoms. The van der Waals surface area contributed by atoms with Crippen LogP contribution in [0.2, 0.25) is 0 Å². The lowest BCUT2D eigenvalue weighted by molar-refractivity contribution is -0.920. The topological polar surface area (TPSA) is 35.5 Å². The number of quaternary nitrogens is 1. The van der Waals surface area contributed by atoms with Crippen LogP contribution in [0.3, 0.4) is 0 Å². The number of benzene rings is 2. The molecular formula is C30H46NO3+. The molecule has 2 aromatic rings. The van der Waals surface area contributed by atoms with Crippen LogP contribution in [0.25, 0.3) is 0 Å². The zero-order valence-corrected chi connectivity index (χ0v) is 22.1. The molecule has 0 saturated heterocycles. The maximum Gasteiger partial charge on any atom is 0.368 e. The smallest absolute Gasteiger partial charge is 0.368 e. The van der Waals surface area contributed by atoms with Crippen LogP contribution in [0.5, 0.6) is 5.75 Å². The fourth-order valence-corrected chi connectivity index (χ4v) is 4.53. The van der Waals surface area contributed by atoms with Crippen molar-refractivity contribution in [1.29, 1.82) is 0 Å². The number of hydrogen-bond acceptors (Lipinski definition) is 3. The molecule has 2 unspecified atom stereocenters. The number of esters is 1. The Labute approximate surface area is 207 Å². The summed E-state index contributed by atoms with van der Waals surface area (Å²) in [5, 5.41) is 0. The van der Waals surface area contributed by atoms with E-state index in [0.717, 1.165) is 31.6 Å². The zero-order valence-electron chi connectivity index (χ0n) is 22.1. The number of rotatable bonds is 16. The SMILES string of the molecule is CCCCCCCCc1cccc(OC(C)OC(=O)C(CCC)[N+](C)(C)Cc2ccccc2)c1. The second kappa shape index (κ2) is 14.8. The maximum atomic E-state index is 13.2. The molecule has 0 fully saturated rings. The van der Waals surface area contributed by atoms with Crippen LogP contribution in [-0.4, -0.2) is 36.9 Å². The third-order valence-electron chi connectivity index (χ3n) is 6.41. The van der Waals surface area contributed by atoms with E-state index >= 15 is 0 Å². The Balaban J connectivity index is 1.90. The largest absolute Gasteiger partial charge is 0.455 e. The van der Waals surface area contributed by atoms with E-state index in [9.17, 15) is 4.79 Å². The van der Waals surface area contributed by atoms with Gasteiger partial charge in [0.05, 0.1) is 14.1 Å². The number of hydrogen-bond donors (Lipinski definition) is 0. The molecule has 0 bridgehead atoms. The quantitative estimate of drug-likeness (QED) is 0.112. The highest BCUT2D eigenvalue weighted by molar-refractivity contribution is 5.74. The van der Waals surface area contributed by atoms with Gasteiger partial charge in [0.25, 0.3) is 0 Å². The van der Waals surface area contributed by atoms with Crippen molar-refractivity contribution in [3.8, 4) is 5.75 Å². The van der Waals surface area contributed by atoms with E-state index in [-0.39, 0.29) is 12.0 Å². The molecule has 4 nitrogen and oxygen atoms in total. The van der Waals surface area contributed by atoms with E-state index in [0.29, 0.717) is 4.48 Å². The molecule has 2 atom stereocenters. The molecular weight excluding hydrogens is 422 g/mol. The molecule has 0 heterocycles. The fraction of sp³-hybridized carbons (Fsp3) is 0.567. The summed E-state index contributed by atoms with van der Waals surface area (Å²) in [6, 6.07) is 18.3. The monoisotopic (exact) mass is 468 g/mol. The molecule has 0 amide bonds. The molecule has 0 aliphatic heterocycles. The first-order valence-electron chi connectivity index (χ1n) is 13.2. The van der Waals surface area contributed by atoms with Crippen LogP contribution >= 0.6 is 0 Å². The number of unbranched alkanes of at least 4 members (excludes halogenated alkanes) is 5. The number of aryl methyl sites for hydroxylation is 1. The summed E-state index contributed by atoms with van der Waals surface area (Å²) in [5.74, 6) is 0.562. The van der Waals surface area contributed by atoms with E-state index in [1.165, 1.54) is 49.7 Å². The molecule has 0 aliphatic rings. The van der Waals surface area contributed by atoms with Crippen molar-refractivity contribution < 1.29 is 18.8 Å². The minimum absolute atomic E-state index is 0.196. The van der Waals surface area contributed by atoms with E-state index in [2.05, 4.69) is 52.2 Å². The fourth-order valence-electron chi connectivity index (χ4n) is 4.53. The molecule has 4 heteroatoms. The first-order chi connectivity index (χ1) is 16.4. The summed E-state index contributed by atoms with van der Waals surface area (Å²) in [7, 11) is 4.21. The number of nitrogens with zero attached hydrogens (tertiary/aromatic N) is 1. The molecule has 0 saturated carbocycles. The van der Waals surface area contributed by atoms with Gasteiger partial charge in [-0.05, 0) is 37.0 Å². The lowest BCUT2D eigenvalue weighted by Gasteiger charge is -2.37. The van der Waals surface area contributed by atoms with Crippen molar-refractivity contribution in [2.24, 2.45) is 0 Å². The molecule has 0 aliphatic carbocycles. The molecule has 0 aromatic heterocycles. The van der Waals surface area contributed by atoms with Gasteiger partial charge in [-0.1, -0.05) is 88.4 Å². The van der Waals surface area contributed by atoms with Gasteiger partial charge in [0.15, 0.2) is 6.04 Å². The van der Waals surface area contributed by atoms with Crippen molar-refractivity contribution in [2.75, 3.05) is 14.1 Å². The average molecular weight is 469 g/mol.